The number of nitrogens with zero attached hydrogens (tertiary/aromatic N) is 3. The lowest BCUT2D eigenvalue weighted by molar-refractivity contribution is 0.449. The van der Waals surface area contributed by atoms with Gasteiger partial charge < -0.3 is 4.74 Å². The molecule has 4 nitrogen and oxygen atoms in total. The fraction of sp³-hybridized carbons (Fsp3) is 0.259. The minimum absolute atomic E-state index is 0.0437. The molecule has 7 heteroatoms. The number of aromatic nitrogens is 3. The number of hydrogen-bond donors (Lipinski definition) is 0. The van der Waals surface area contributed by atoms with Gasteiger partial charge in [-0.15, -0.1) is 0 Å². The first-order valence-corrected chi connectivity index (χ1v) is 32.4. The predicted molar refractivity (Wildman–Crippen MR) is 280 cm³/mol. The average Bonchev–Trinajstić information content (AvgIpc) is 4.19. The van der Waals surface area contributed by atoms with Crippen LogP contribution >= 0.6 is 0 Å². The Bertz CT molecular complexity index is 3160. The van der Waals surface area contributed by atoms with Crippen LogP contribution in [0.25, 0.3) is 33.5 Å². The minimum atomic E-state index is -3.19. The monoisotopic (exact) mass is 897 g/mol. The second-order valence-electron chi connectivity index (χ2n) is 20.5. The molecule has 0 amide bonds. The lowest BCUT2D eigenvalue weighted by Gasteiger charge is -2.61. The van der Waals surface area contributed by atoms with Gasteiger partial charge in [0, 0.05) is 21.5 Å². The van der Waals surface area contributed by atoms with Crippen LogP contribution in [0.2, 0.25) is 37.3 Å². The van der Waals surface area contributed by atoms with Gasteiger partial charge in [0.15, 0.2) is 8.07 Å². The molecule has 3 aliphatic rings. The summed E-state index contributed by atoms with van der Waals surface area (Å²) < 4.78 is 12.4. The van der Waals surface area contributed by atoms with Crippen molar-refractivity contribution in [2.45, 2.75) is 93.3 Å². The molecule has 0 bridgehead atoms. The Morgan fingerprint density at radius 1 is 0.508 bits per heavy atom. The van der Waals surface area contributed by atoms with Crippen molar-refractivity contribution in [3.8, 4) is 17.2 Å². The van der Waals surface area contributed by atoms with Crippen molar-refractivity contribution in [1.82, 2.24) is 14.0 Å². The number of para-hydroxylation sites is 6. The Morgan fingerprint density at radius 3 is 1.69 bits per heavy atom. The standard InChI is InChI=1S/C58H59N3OSi3/c1-63(2,43-24-11-12-25-43)58(64(3,4)44-26-13-14-27-44)48-33-15-20-39-54(48)62-56-49(58)34-22-40-55(56)65(45-28-7-5-8-29-45,46-30-9-6-10-31-46)47-32-21-23-42(41-47)60-52-37-18-19-38-53(52)61-51-36-17-16-35-50(51)59-57(60)61/h5-10,15-23,28-41,43-44H,11-14,24-27H2,1-4H3. The molecule has 0 N–H and O–H groups in total. The van der Waals surface area contributed by atoms with Gasteiger partial charge in [0.25, 0.3) is 0 Å². The number of rotatable bonds is 9. The molecule has 12 rings (SSSR count). The van der Waals surface area contributed by atoms with E-state index in [1.807, 2.05) is 0 Å². The molecule has 1 aliphatic heterocycles. The molecule has 0 spiro atoms. The van der Waals surface area contributed by atoms with Gasteiger partial charge in [0.05, 0.1) is 38.2 Å². The van der Waals surface area contributed by atoms with Crippen LogP contribution < -0.4 is 25.5 Å². The van der Waals surface area contributed by atoms with Crippen LogP contribution in [0.4, 0.5) is 0 Å². The molecule has 2 aliphatic carbocycles. The third-order valence-electron chi connectivity index (χ3n) is 17.1. The van der Waals surface area contributed by atoms with Crippen molar-refractivity contribution in [2.75, 3.05) is 0 Å². The van der Waals surface area contributed by atoms with Crippen molar-refractivity contribution in [1.29, 1.82) is 0 Å². The van der Waals surface area contributed by atoms with E-state index in [4.69, 9.17) is 9.72 Å². The Morgan fingerprint density at radius 2 is 1.03 bits per heavy atom. The molecule has 0 saturated heterocycles. The Labute approximate surface area is 387 Å². The van der Waals surface area contributed by atoms with E-state index < -0.39 is 24.2 Å². The third kappa shape index (κ3) is 5.74. The molecule has 2 fully saturated rings. The lowest BCUT2D eigenvalue weighted by atomic mass is 9.98. The first-order valence-electron chi connectivity index (χ1n) is 24.3. The molecule has 0 unspecified atom stereocenters. The topological polar surface area (TPSA) is 31.5 Å². The Hall–Kier alpha value is -5.74. The Kier molecular flexibility index (Phi) is 9.67. The molecule has 2 saturated carbocycles. The molecule has 3 heterocycles. The van der Waals surface area contributed by atoms with Gasteiger partial charge >= 0.3 is 0 Å². The molecule has 0 radical (unpaired) electrons. The van der Waals surface area contributed by atoms with Crippen LogP contribution in [0, 0.1) is 0 Å². The van der Waals surface area contributed by atoms with Crippen LogP contribution in [0.3, 0.4) is 0 Å². The normalized spacial score (nSPS) is 16.9. The predicted octanol–water partition coefficient (Wildman–Crippen LogP) is 12.6. The fourth-order valence-electron chi connectivity index (χ4n) is 14.3. The van der Waals surface area contributed by atoms with Gasteiger partial charge in [0.1, 0.15) is 11.5 Å². The van der Waals surface area contributed by atoms with Gasteiger partial charge in [0.2, 0.25) is 5.78 Å². The number of benzene rings is 7. The van der Waals surface area contributed by atoms with Gasteiger partial charge in [-0.25, -0.2) is 4.98 Å². The second kappa shape index (κ2) is 15.4. The quantitative estimate of drug-likeness (QED) is 0.107. The van der Waals surface area contributed by atoms with Gasteiger partial charge in [-0.05, 0) is 74.3 Å². The first-order chi connectivity index (χ1) is 31.8. The number of imidazole rings is 2. The van der Waals surface area contributed by atoms with Crippen molar-refractivity contribution in [3.63, 3.8) is 0 Å². The van der Waals surface area contributed by atoms with Crippen molar-refractivity contribution in [2.24, 2.45) is 0 Å². The largest absolute Gasteiger partial charge is 0.457 e. The van der Waals surface area contributed by atoms with E-state index in [1.165, 1.54) is 83.2 Å². The zero-order chi connectivity index (χ0) is 44.0. The van der Waals surface area contributed by atoms with Crippen molar-refractivity contribution in [3.05, 3.63) is 187 Å². The minimum Gasteiger partial charge on any atom is -0.457 e. The smallest absolute Gasteiger partial charge is 0.220 e. The van der Waals surface area contributed by atoms with Crippen LogP contribution in [0.5, 0.6) is 11.5 Å². The highest BCUT2D eigenvalue weighted by Gasteiger charge is 2.66. The maximum atomic E-state index is 7.76. The van der Waals surface area contributed by atoms with E-state index in [1.54, 1.807) is 0 Å². The second-order valence-corrected chi connectivity index (χ2v) is 34.8. The summed E-state index contributed by atoms with van der Waals surface area (Å²) in [4.78, 5) is 5.33. The summed E-state index contributed by atoms with van der Waals surface area (Å²) >= 11 is 0. The maximum Gasteiger partial charge on any atom is 0.220 e. The summed E-state index contributed by atoms with van der Waals surface area (Å²) in [5.41, 5.74) is 10.1. The van der Waals surface area contributed by atoms with E-state index in [9.17, 15) is 0 Å². The van der Waals surface area contributed by atoms with Crippen molar-refractivity contribution < 1.29 is 4.74 Å². The zero-order valence-electron chi connectivity index (χ0n) is 38.3. The van der Waals surface area contributed by atoms with Crippen molar-refractivity contribution >= 4 is 72.8 Å². The lowest BCUT2D eigenvalue weighted by Crippen LogP contribution is -2.75. The van der Waals surface area contributed by atoms with Crippen LogP contribution in [-0.4, -0.2) is 38.2 Å². The number of ether oxygens (including phenoxy) is 1. The molecule has 0 atom stereocenters. The van der Waals surface area contributed by atoms with Crippen LogP contribution in [-0.2, 0) is 4.66 Å². The van der Waals surface area contributed by atoms with E-state index in [-0.39, 0.29) is 4.66 Å². The molecule has 7 aromatic carbocycles. The summed E-state index contributed by atoms with van der Waals surface area (Å²) in [6, 6.07) is 66.8. The van der Waals surface area contributed by atoms with Crippen LogP contribution in [0.1, 0.15) is 62.5 Å². The van der Waals surface area contributed by atoms with E-state index >= 15 is 0 Å². The molecule has 324 valence electrons. The number of fused-ring (bicyclic) bond motifs is 7. The number of hydrogen-bond acceptors (Lipinski definition) is 2. The molecular formula is C58H59N3OSi3. The average molecular weight is 898 g/mol. The summed E-state index contributed by atoms with van der Waals surface area (Å²) in [6.07, 6.45) is 10.9. The molecular weight excluding hydrogens is 839 g/mol. The summed E-state index contributed by atoms with van der Waals surface area (Å²) in [6.45, 7) is 11.3. The highest BCUT2D eigenvalue weighted by molar-refractivity contribution is 7.20. The molecule has 9 aromatic rings. The Balaban J connectivity index is 1.20. The van der Waals surface area contributed by atoms with Gasteiger partial charge in [-0.3, -0.25) is 8.97 Å². The highest BCUT2D eigenvalue weighted by atomic mass is 28.4. The van der Waals surface area contributed by atoms with E-state index in [0.717, 1.165) is 56.1 Å². The first kappa shape index (κ1) is 40.7. The fourth-order valence-corrected chi connectivity index (χ4v) is 35.6. The summed E-state index contributed by atoms with van der Waals surface area (Å²) in [5, 5.41) is 5.40. The zero-order valence-corrected chi connectivity index (χ0v) is 41.3. The van der Waals surface area contributed by atoms with Crippen LogP contribution in [0.15, 0.2) is 176 Å². The third-order valence-corrected chi connectivity index (χ3v) is 35.9. The molecule has 2 aromatic heterocycles. The SMILES string of the molecule is C[Si](C)(C1CCCC1)C1([Si](C)(C)C2CCCC2)c2ccccc2Oc2c1cccc2[Si](c1ccccc1)(c1ccccc1)c1cccc(-n2c3ccccc3n3c4ccccc4nc23)c1. The summed E-state index contributed by atoms with van der Waals surface area (Å²) in [7, 11) is -7.53. The van der Waals surface area contributed by atoms with Gasteiger partial charge in [-0.2, -0.15) is 0 Å². The highest BCUT2D eigenvalue weighted by Crippen LogP contribution is 2.64. The maximum absolute atomic E-state index is 7.76. The van der Waals surface area contributed by atoms with E-state index in [2.05, 4.69) is 211 Å². The van der Waals surface area contributed by atoms with Gasteiger partial charge in [-0.1, -0.05) is 211 Å². The van der Waals surface area contributed by atoms with E-state index in [0.29, 0.717) is 0 Å². The summed E-state index contributed by atoms with van der Waals surface area (Å²) in [5.74, 6) is 3.16. The molecule has 65 heavy (non-hydrogen) atoms.